The molecule has 2 heterocycles. The van der Waals surface area contributed by atoms with Crippen molar-refractivity contribution in [2.24, 2.45) is 0 Å². The average Bonchev–Trinajstić information content (AvgIpc) is 2.72. The van der Waals surface area contributed by atoms with Crippen molar-refractivity contribution in [3.8, 4) is 5.69 Å². The Morgan fingerprint density at radius 1 is 1.12 bits per heavy atom. The third kappa shape index (κ3) is 1.32. The number of nitrogens with zero attached hydrogens (tertiary/aromatic N) is 3. The van der Waals surface area contributed by atoms with Crippen LogP contribution >= 0.6 is 0 Å². The van der Waals surface area contributed by atoms with Crippen LogP contribution in [0, 0.1) is 6.07 Å². The Labute approximate surface area is 92.3 Å². The Hall–Kier alpha value is -2.36. The Balaban J connectivity index is 2.26. The van der Waals surface area contributed by atoms with Crippen LogP contribution in [0.25, 0.3) is 16.6 Å². The molecule has 3 aromatic rings. The fourth-order valence-electron chi connectivity index (χ4n) is 1.67. The van der Waals surface area contributed by atoms with Gasteiger partial charge in [-0.2, -0.15) is 5.10 Å². The summed E-state index contributed by atoms with van der Waals surface area (Å²) in [4.78, 5) is 4.03. The van der Waals surface area contributed by atoms with Crippen molar-refractivity contribution in [1.82, 2.24) is 14.8 Å². The molecule has 0 spiro atoms. The molecule has 1 aromatic carbocycles. The number of hydrogen-bond donors (Lipinski definition) is 1. The minimum absolute atomic E-state index is 0.511. The van der Waals surface area contributed by atoms with E-state index in [1.807, 2.05) is 30.5 Å². The second-order valence-corrected chi connectivity index (χ2v) is 3.49. The minimum Gasteiger partial charge on any atom is -0.397 e. The lowest BCUT2D eigenvalue weighted by Crippen LogP contribution is -1.98. The van der Waals surface area contributed by atoms with Crippen molar-refractivity contribution in [3.05, 3.63) is 48.9 Å². The number of fused-ring (bicyclic) bond motifs is 1. The lowest BCUT2D eigenvalue weighted by atomic mass is 10.2. The van der Waals surface area contributed by atoms with E-state index in [2.05, 4.69) is 16.1 Å². The molecular formula is C12H9N4. The summed E-state index contributed by atoms with van der Waals surface area (Å²) < 4.78 is 1.78. The van der Waals surface area contributed by atoms with Gasteiger partial charge in [0.05, 0.1) is 35.5 Å². The zero-order valence-corrected chi connectivity index (χ0v) is 8.46. The highest BCUT2D eigenvalue weighted by molar-refractivity contribution is 5.80. The normalized spacial score (nSPS) is 10.8. The second-order valence-electron chi connectivity index (χ2n) is 3.49. The zero-order chi connectivity index (χ0) is 11.0. The summed E-state index contributed by atoms with van der Waals surface area (Å²) >= 11 is 0. The van der Waals surface area contributed by atoms with Gasteiger partial charge in [0.1, 0.15) is 0 Å². The summed E-state index contributed by atoms with van der Waals surface area (Å²) in [5.41, 5.74) is 7.93. The molecule has 3 rings (SSSR count). The SMILES string of the molecule is Nc1[c]c(-n2ncc3ccccc32)cnc1. The number of hydrogen-bond acceptors (Lipinski definition) is 3. The van der Waals surface area contributed by atoms with Crippen molar-refractivity contribution in [3.63, 3.8) is 0 Å². The number of nitrogens with two attached hydrogens (primary N) is 1. The van der Waals surface area contributed by atoms with Gasteiger partial charge in [0.2, 0.25) is 0 Å². The van der Waals surface area contributed by atoms with Gasteiger partial charge in [-0.3, -0.25) is 4.98 Å². The van der Waals surface area contributed by atoms with E-state index in [9.17, 15) is 0 Å². The molecule has 2 aromatic heterocycles. The van der Waals surface area contributed by atoms with E-state index < -0.39 is 0 Å². The van der Waals surface area contributed by atoms with Crippen LogP contribution in [0.5, 0.6) is 0 Å². The minimum atomic E-state index is 0.511. The van der Waals surface area contributed by atoms with Crippen molar-refractivity contribution in [2.75, 3.05) is 5.73 Å². The quantitative estimate of drug-likeness (QED) is 0.664. The van der Waals surface area contributed by atoms with Crippen molar-refractivity contribution >= 4 is 16.6 Å². The van der Waals surface area contributed by atoms with Crippen molar-refractivity contribution < 1.29 is 0 Å². The number of benzene rings is 1. The molecule has 0 aliphatic heterocycles. The van der Waals surface area contributed by atoms with Gasteiger partial charge in [0.15, 0.2) is 0 Å². The summed E-state index contributed by atoms with van der Waals surface area (Å²) in [5.74, 6) is 0. The molecular weight excluding hydrogens is 200 g/mol. The van der Waals surface area contributed by atoms with Gasteiger partial charge < -0.3 is 5.73 Å². The van der Waals surface area contributed by atoms with E-state index in [0.29, 0.717) is 5.69 Å². The molecule has 1 radical (unpaired) electrons. The van der Waals surface area contributed by atoms with Gasteiger partial charge in [-0.25, -0.2) is 4.68 Å². The van der Waals surface area contributed by atoms with Crippen LogP contribution in [0.15, 0.2) is 42.9 Å². The smallest absolute Gasteiger partial charge is 0.0936 e. The van der Waals surface area contributed by atoms with E-state index in [1.165, 1.54) is 0 Å². The standard InChI is InChI=1S/C12H9N4/c13-10-5-11(8-14-7-10)16-12-4-2-1-3-9(12)6-15-16/h1-4,6-8H,13H2. The second kappa shape index (κ2) is 3.34. The van der Waals surface area contributed by atoms with Crippen LogP contribution in [-0.4, -0.2) is 14.8 Å². The average molecular weight is 209 g/mol. The third-order valence-electron chi connectivity index (χ3n) is 2.39. The largest absolute Gasteiger partial charge is 0.397 e. The van der Waals surface area contributed by atoms with Crippen LogP contribution in [-0.2, 0) is 0 Å². The molecule has 0 fully saturated rings. The van der Waals surface area contributed by atoms with Crippen LogP contribution < -0.4 is 5.73 Å². The number of rotatable bonds is 1. The van der Waals surface area contributed by atoms with Crippen LogP contribution in [0.1, 0.15) is 0 Å². The first-order valence-electron chi connectivity index (χ1n) is 4.90. The maximum Gasteiger partial charge on any atom is 0.0936 e. The Bertz CT molecular complexity index is 642. The molecule has 0 saturated carbocycles. The van der Waals surface area contributed by atoms with Crippen LogP contribution in [0.2, 0.25) is 0 Å². The number of nitrogen functional groups attached to an aromatic ring is 1. The maximum absolute atomic E-state index is 5.65. The maximum atomic E-state index is 5.65. The Morgan fingerprint density at radius 2 is 2.00 bits per heavy atom. The molecule has 0 bridgehead atoms. The number of pyridine rings is 1. The van der Waals surface area contributed by atoms with Gasteiger partial charge in [0, 0.05) is 11.5 Å². The molecule has 0 amide bonds. The number of anilines is 1. The molecule has 0 unspecified atom stereocenters. The van der Waals surface area contributed by atoms with Gasteiger partial charge in [0.25, 0.3) is 0 Å². The molecule has 16 heavy (non-hydrogen) atoms. The summed E-state index contributed by atoms with van der Waals surface area (Å²) in [7, 11) is 0. The highest BCUT2D eigenvalue weighted by atomic mass is 15.3. The first kappa shape index (κ1) is 8.91. The van der Waals surface area contributed by atoms with Crippen molar-refractivity contribution in [2.45, 2.75) is 0 Å². The van der Waals surface area contributed by atoms with Gasteiger partial charge in [-0.1, -0.05) is 18.2 Å². The van der Waals surface area contributed by atoms with Crippen LogP contribution in [0.3, 0.4) is 0 Å². The highest BCUT2D eigenvalue weighted by Gasteiger charge is 2.04. The van der Waals surface area contributed by atoms with Gasteiger partial charge in [-0.15, -0.1) is 0 Å². The fourth-order valence-corrected chi connectivity index (χ4v) is 1.67. The predicted octanol–water partition coefficient (Wildman–Crippen LogP) is 1.80. The zero-order valence-electron chi connectivity index (χ0n) is 8.46. The molecule has 4 nitrogen and oxygen atoms in total. The molecule has 0 aliphatic carbocycles. The summed E-state index contributed by atoms with van der Waals surface area (Å²) in [6.07, 6.45) is 5.07. The van der Waals surface area contributed by atoms with Crippen LogP contribution in [0.4, 0.5) is 5.69 Å². The lowest BCUT2D eigenvalue weighted by molar-refractivity contribution is 0.902. The first-order valence-corrected chi connectivity index (χ1v) is 4.90. The van der Waals surface area contributed by atoms with Gasteiger partial charge >= 0.3 is 0 Å². The monoisotopic (exact) mass is 209 g/mol. The predicted molar refractivity (Wildman–Crippen MR) is 62.1 cm³/mol. The summed E-state index contributed by atoms with van der Waals surface area (Å²) in [6, 6.07) is 11.0. The van der Waals surface area contributed by atoms with Gasteiger partial charge in [-0.05, 0) is 6.07 Å². The fraction of sp³-hybridized carbons (Fsp3) is 0. The Kier molecular flexibility index (Phi) is 1.86. The van der Waals surface area contributed by atoms with E-state index >= 15 is 0 Å². The molecule has 0 atom stereocenters. The first-order chi connectivity index (χ1) is 7.84. The summed E-state index contributed by atoms with van der Waals surface area (Å²) in [6.45, 7) is 0. The van der Waals surface area contributed by atoms with E-state index in [1.54, 1.807) is 17.1 Å². The number of aromatic nitrogens is 3. The van der Waals surface area contributed by atoms with E-state index in [0.717, 1.165) is 16.6 Å². The number of para-hydroxylation sites is 1. The topological polar surface area (TPSA) is 56.7 Å². The molecule has 2 N–H and O–H groups in total. The van der Waals surface area contributed by atoms with Crippen molar-refractivity contribution in [1.29, 1.82) is 0 Å². The Morgan fingerprint density at radius 3 is 2.88 bits per heavy atom. The van der Waals surface area contributed by atoms with E-state index in [4.69, 9.17) is 5.73 Å². The molecule has 77 valence electrons. The molecule has 4 heteroatoms. The van der Waals surface area contributed by atoms with E-state index in [-0.39, 0.29) is 0 Å². The third-order valence-corrected chi connectivity index (χ3v) is 2.39. The summed E-state index contributed by atoms with van der Waals surface area (Å²) in [5, 5.41) is 5.38. The lowest BCUT2D eigenvalue weighted by Gasteiger charge is -2.02. The molecule has 0 saturated heterocycles. The molecule has 0 aliphatic rings. The highest BCUT2D eigenvalue weighted by Crippen LogP contribution is 2.17.